The van der Waals surface area contributed by atoms with Gasteiger partial charge in [-0.3, -0.25) is 0 Å². The number of halogens is 3. The van der Waals surface area contributed by atoms with Crippen LogP contribution < -0.4 is 4.74 Å². The van der Waals surface area contributed by atoms with Crippen molar-refractivity contribution in [1.29, 1.82) is 0 Å². The molecule has 0 aliphatic carbocycles. The molecule has 0 saturated heterocycles. The van der Waals surface area contributed by atoms with Crippen LogP contribution in [0, 0.1) is 17.7 Å². The number of hydrogen-bond donors (Lipinski definition) is 0. The summed E-state index contributed by atoms with van der Waals surface area (Å²) < 4.78 is 52.7. The second-order valence-corrected chi connectivity index (χ2v) is 7.09. The summed E-state index contributed by atoms with van der Waals surface area (Å²) >= 11 is 0. The minimum Gasteiger partial charge on any atom is -0.491 e. The maximum absolute atomic E-state index is 14.2. The molecule has 0 N–H and O–H groups in total. The minimum atomic E-state index is -1.11. The highest BCUT2D eigenvalue weighted by Gasteiger charge is 2.19. The van der Waals surface area contributed by atoms with Crippen LogP contribution >= 0.6 is 0 Å². The second-order valence-electron chi connectivity index (χ2n) is 7.09. The van der Waals surface area contributed by atoms with E-state index in [9.17, 15) is 13.2 Å². The van der Waals surface area contributed by atoms with Crippen LogP contribution in [0.15, 0.2) is 60.4 Å². The van der Waals surface area contributed by atoms with E-state index in [-0.39, 0.29) is 35.5 Å². The maximum Gasteiger partial charge on any atom is 0.200 e. The van der Waals surface area contributed by atoms with E-state index in [1.807, 2.05) is 26.0 Å². The highest BCUT2D eigenvalue weighted by molar-refractivity contribution is 5.50. The van der Waals surface area contributed by atoms with Gasteiger partial charge in [0.05, 0.1) is 13.2 Å². The molecule has 0 aliphatic rings. The van der Waals surface area contributed by atoms with Crippen molar-refractivity contribution in [2.45, 2.75) is 40.5 Å². The van der Waals surface area contributed by atoms with Crippen LogP contribution in [0.5, 0.6) is 5.75 Å². The Kier molecular flexibility index (Phi) is 10.4. The van der Waals surface area contributed by atoms with Gasteiger partial charge in [-0.05, 0) is 61.8 Å². The van der Waals surface area contributed by atoms with Crippen molar-refractivity contribution in [3.63, 3.8) is 0 Å². The molecule has 2 atom stereocenters. The van der Waals surface area contributed by atoms with Gasteiger partial charge in [0, 0.05) is 0 Å². The first-order chi connectivity index (χ1) is 13.7. The normalized spacial score (nSPS) is 14.3. The molecule has 2 nitrogen and oxygen atoms in total. The molecule has 1 rings (SSSR count). The van der Waals surface area contributed by atoms with E-state index < -0.39 is 17.5 Å². The van der Waals surface area contributed by atoms with Gasteiger partial charge in [0.15, 0.2) is 29.0 Å². The molecular formula is C24H31F3O2. The number of benzene rings is 1. The molecule has 1 aromatic rings. The van der Waals surface area contributed by atoms with Crippen LogP contribution in [0.1, 0.15) is 46.1 Å². The lowest BCUT2D eigenvalue weighted by atomic mass is 9.92. The van der Waals surface area contributed by atoms with E-state index in [0.717, 1.165) is 5.56 Å². The molecule has 0 amide bonds. The molecular weight excluding hydrogens is 377 g/mol. The van der Waals surface area contributed by atoms with Crippen molar-refractivity contribution in [2.75, 3.05) is 13.2 Å². The fourth-order valence-corrected chi connectivity index (χ4v) is 2.67. The predicted octanol–water partition coefficient (Wildman–Crippen LogP) is 7.55. The first kappa shape index (κ1) is 24.6. The molecule has 0 bridgehead atoms. The van der Waals surface area contributed by atoms with Gasteiger partial charge in [0.2, 0.25) is 0 Å². The van der Waals surface area contributed by atoms with Crippen molar-refractivity contribution in [3.8, 4) is 5.75 Å². The fourth-order valence-electron chi connectivity index (χ4n) is 2.67. The summed E-state index contributed by atoms with van der Waals surface area (Å²) in [5.74, 6) is -2.84. The summed E-state index contributed by atoms with van der Waals surface area (Å²) in [6.07, 6.45) is 4.93. The molecule has 5 heteroatoms. The molecule has 0 aliphatic heterocycles. The lowest BCUT2D eigenvalue weighted by molar-refractivity contribution is 0.223. The molecule has 0 aromatic heterocycles. The zero-order valence-electron chi connectivity index (χ0n) is 17.7. The molecule has 1 aromatic carbocycles. The van der Waals surface area contributed by atoms with Crippen LogP contribution in [0.25, 0.3) is 6.08 Å². The summed E-state index contributed by atoms with van der Waals surface area (Å²) in [5, 5.41) is 0. The molecule has 0 heterocycles. The summed E-state index contributed by atoms with van der Waals surface area (Å²) in [7, 11) is 0. The Balaban J connectivity index is 2.55. The lowest BCUT2D eigenvalue weighted by Crippen LogP contribution is -2.12. The zero-order chi connectivity index (χ0) is 22.0. The largest absolute Gasteiger partial charge is 0.491 e. The molecule has 0 spiro atoms. The topological polar surface area (TPSA) is 18.5 Å². The van der Waals surface area contributed by atoms with Crippen LogP contribution in [-0.2, 0) is 4.74 Å². The summed E-state index contributed by atoms with van der Waals surface area (Å²) in [5.41, 5.74) is 0.842. The van der Waals surface area contributed by atoms with Crippen LogP contribution in [0.2, 0.25) is 0 Å². The molecule has 29 heavy (non-hydrogen) atoms. The zero-order valence-corrected chi connectivity index (χ0v) is 17.7. The van der Waals surface area contributed by atoms with Gasteiger partial charge in [-0.15, -0.1) is 0 Å². The third-order valence-electron chi connectivity index (χ3n) is 4.56. The van der Waals surface area contributed by atoms with E-state index in [4.69, 9.17) is 9.47 Å². The SMILES string of the molecule is C=C(OCC)/C(F)=C(/F)C(=C)C(C)CCC(C)COc1ccc(/C=C/C)cc1F. The van der Waals surface area contributed by atoms with Gasteiger partial charge in [-0.1, -0.05) is 45.2 Å². The molecule has 2 unspecified atom stereocenters. The molecule has 0 fully saturated rings. The maximum atomic E-state index is 14.2. The number of allylic oxidation sites excluding steroid dienone is 4. The van der Waals surface area contributed by atoms with Gasteiger partial charge in [-0.25, -0.2) is 8.78 Å². The molecule has 0 radical (unpaired) electrons. The van der Waals surface area contributed by atoms with E-state index >= 15 is 0 Å². The summed E-state index contributed by atoms with van der Waals surface area (Å²) in [4.78, 5) is 0. The van der Waals surface area contributed by atoms with E-state index in [0.29, 0.717) is 19.4 Å². The van der Waals surface area contributed by atoms with Gasteiger partial charge < -0.3 is 9.47 Å². The highest BCUT2D eigenvalue weighted by Crippen LogP contribution is 2.30. The molecule has 160 valence electrons. The average molecular weight is 409 g/mol. The highest BCUT2D eigenvalue weighted by atomic mass is 19.2. The minimum absolute atomic E-state index is 0.0714. The Morgan fingerprint density at radius 2 is 1.83 bits per heavy atom. The van der Waals surface area contributed by atoms with E-state index in [2.05, 4.69) is 13.2 Å². The van der Waals surface area contributed by atoms with Gasteiger partial charge in [0.25, 0.3) is 0 Å². The monoisotopic (exact) mass is 408 g/mol. The Morgan fingerprint density at radius 3 is 2.41 bits per heavy atom. The Morgan fingerprint density at radius 1 is 1.14 bits per heavy atom. The fraction of sp³-hybridized carbons (Fsp3) is 0.417. The summed E-state index contributed by atoms with van der Waals surface area (Å²) in [6, 6.07) is 4.82. The van der Waals surface area contributed by atoms with E-state index in [1.165, 1.54) is 6.07 Å². The summed E-state index contributed by atoms with van der Waals surface area (Å²) in [6.45, 7) is 14.9. The molecule has 0 saturated carbocycles. The van der Waals surface area contributed by atoms with E-state index in [1.54, 1.807) is 26.0 Å². The third kappa shape index (κ3) is 7.84. The first-order valence-corrected chi connectivity index (χ1v) is 9.82. The first-order valence-electron chi connectivity index (χ1n) is 9.82. The van der Waals surface area contributed by atoms with Crippen molar-refractivity contribution in [1.82, 2.24) is 0 Å². The third-order valence-corrected chi connectivity index (χ3v) is 4.56. The number of rotatable bonds is 12. The number of hydrogen-bond acceptors (Lipinski definition) is 2. The predicted molar refractivity (Wildman–Crippen MR) is 113 cm³/mol. The Hall–Kier alpha value is -2.43. The van der Waals surface area contributed by atoms with Gasteiger partial charge in [-0.2, -0.15) is 4.39 Å². The smallest absolute Gasteiger partial charge is 0.200 e. The van der Waals surface area contributed by atoms with Crippen molar-refractivity contribution < 1.29 is 22.6 Å². The Bertz CT molecular complexity index is 765. The Labute approximate surface area is 172 Å². The van der Waals surface area contributed by atoms with Crippen LogP contribution in [0.3, 0.4) is 0 Å². The van der Waals surface area contributed by atoms with Crippen LogP contribution in [0.4, 0.5) is 13.2 Å². The van der Waals surface area contributed by atoms with Crippen molar-refractivity contribution >= 4 is 6.08 Å². The average Bonchev–Trinajstić information content (AvgIpc) is 2.70. The van der Waals surface area contributed by atoms with Gasteiger partial charge >= 0.3 is 0 Å². The van der Waals surface area contributed by atoms with Crippen molar-refractivity contribution in [3.05, 3.63) is 71.8 Å². The standard InChI is InChI=1S/C24H31F3O2/c1-7-9-20-12-13-22(21(25)14-20)29-15-16(3)10-11-17(4)18(5)23(26)24(27)19(6)28-8-2/h7,9,12-14,16-17H,5-6,8,10-11,15H2,1-4H3/b9-7+,24-23-. The van der Waals surface area contributed by atoms with Crippen LogP contribution in [-0.4, -0.2) is 13.2 Å². The second kappa shape index (κ2) is 12.2. The van der Waals surface area contributed by atoms with Crippen molar-refractivity contribution in [2.24, 2.45) is 11.8 Å². The number of ether oxygens (including phenoxy) is 2. The quantitative estimate of drug-likeness (QED) is 0.263. The lowest BCUT2D eigenvalue weighted by Gasteiger charge is -2.18. The van der Waals surface area contributed by atoms with Gasteiger partial charge in [0.1, 0.15) is 0 Å².